The van der Waals surface area contributed by atoms with Crippen LogP contribution in [0.4, 0.5) is 13.2 Å². The standard InChI is InChI=1S/C29H13F3N4/c1-34-36-28-20-14-8-6-12-18(20)23-24(28)21(16-9-3-2-4-10-16)22-17-11-5-7-13-19(17)27(35-15-33)25(22)26(23)29(30,31)32/h2-14H. The molecule has 36 heavy (non-hydrogen) atoms. The monoisotopic (exact) mass is 474 g/mol. The van der Waals surface area contributed by atoms with Gasteiger partial charge in [0.25, 0.3) is 0 Å². The van der Waals surface area contributed by atoms with Crippen LogP contribution in [-0.4, -0.2) is 0 Å². The molecule has 6 aromatic rings. The SMILES string of the molecule is [C-]#[N+]N=c1c2ccccc2c2c(C(F)(F)F)c3c(=NC#N)c4ccccc4c3c(-c3ccccc3)c12. The lowest BCUT2D eigenvalue weighted by molar-refractivity contribution is -0.135. The first-order valence-corrected chi connectivity index (χ1v) is 11.0. The van der Waals surface area contributed by atoms with E-state index in [0.717, 1.165) is 0 Å². The Kier molecular flexibility index (Phi) is 4.64. The maximum absolute atomic E-state index is 15.0. The summed E-state index contributed by atoms with van der Waals surface area (Å²) in [6.45, 7) is 7.42. The summed E-state index contributed by atoms with van der Waals surface area (Å²) in [7, 11) is 0. The molecule has 0 unspecified atom stereocenters. The molecule has 170 valence electrons. The fourth-order valence-electron chi connectivity index (χ4n) is 5.34. The largest absolute Gasteiger partial charge is 0.417 e. The van der Waals surface area contributed by atoms with Crippen molar-refractivity contribution in [3.05, 3.63) is 107 Å². The van der Waals surface area contributed by atoms with E-state index in [1.807, 2.05) is 30.3 Å². The van der Waals surface area contributed by atoms with E-state index < -0.39 is 11.7 Å². The van der Waals surface area contributed by atoms with Crippen molar-refractivity contribution in [1.29, 1.82) is 5.26 Å². The van der Waals surface area contributed by atoms with Crippen LogP contribution < -0.4 is 10.7 Å². The molecule has 0 aliphatic rings. The van der Waals surface area contributed by atoms with Gasteiger partial charge in [0.2, 0.25) is 6.19 Å². The molecule has 0 N–H and O–H groups in total. The number of rotatable bonds is 1. The molecule has 0 aromatic heterocycles. The Labute approximate surface area is 202 Å². The number of nitriles is 1. The molecule has 0 saturated heterocycles. The Hall–Kier alpha value is -5.01. The van der Waals surface area contributed by atoms with Crippen LogP contribution in [0.5, 0.6) is 0 Å². The van der Waals surface area contributed by atoms with Gasteiger partial charge in [0.05, 0.1) is 16.0 Å². The van der Waals surface area contributed by atoms with Gasteiger partial charge in [0.15, 0.2) is 5.36 Å². The smallest absolute Gasteiger partial charge is 0.181 e. The van der Waals surface area contributed by atoms with Gasteiger partial charge in [0.1, 0.15) is 0 Å². The van der Waals surface area contributed by atoms with E-state index in [-0.39, 0.29) is 26.9 Å². The molecule has 0 aliphatic carbocycles. The number of hydrogen-bond acceptors (Lipinski definition) is 3. The number of alkyl halides is 3. The highest BCUT2D eigenvalue weighted by atomic mass is 19.4. The zero-order valence-corrected chi connectivity index (χ0v) is 18.4. The number of halogens is 3. The lowest BCUT2D eigenvalue weighted by atomic mass is 9.90. The van der Waals surface area contributed by atoms with Crippen molar-refractivity contribution in [2.75, 3.05) is 0 Å². The summed E-state index contributed by atoms with van der Waals surface area (Å²) in [4.78, 5) is 7.11. The normalized spacial score (nSPS) is 13.1. The summed E-state index contributed by atoms with van der Waals surface area (Å²) in [5.41, 5.74) is 0.333. The molecular weight excluding hydrogens is 461 g/mol. The fourth-order valence-corrected chi connectivity index (χ4v) is 5.34. The summed E-state index contributed by atoms with van der Waals surface area (Å²) < 4.78 is 45.1. The molecule has 0 saturated carbocycles. The first-order chi connectivity index (χ1) is 17.5. The maximum Gasteiger partial charge on any atom is 0.417 e. The zero-order chi connectivity index (χ0) is 25.0. The topological polar surface area (TPSA) is 52.9 Å². The minimum absolute atomic E-state index is 0.0107. The molecule has 4 nitrogen and oxygen atoms in total. The summed E-state index contributed by atoms with van der Waals surface area (Å²) >= 11 is 0. The average molecular weight is 474 g/mol. The minimum atomic E-state index is -4.78. The highest BCUT2D eigenvalue weighted by Gasteiger charge is 2.39. The van der Waals surface area contributed by atoms with Gasteiger partial charge in [-0.05, 0) is 16.3 Å². The summed E-state index contributed by atoms with van der Waals surface area (Å²) in [6.07, 6.45) is -3.07. The summed E-state index contributed by atoms with van der Waals surface area (Å²) in [5.74, 6) is 0. The highest BCUT2D eigenvalue weighted by Crippen LogP contribution is 2.48. The lowest BCUT2D eigenvalue weighted by Crippen LogP contribution is -2.12. The van der Waals surface area contributed by atoms with Crippen molar-refractivity contribution < 1.29 is 13.2 Å². The van der Waals surface area contributed by atoms with E-state index in [2.05, 4.69) is 15.0 Å². The molecule has 0 atom stereocenters. The van der Waals surface area contributed by atoms with Crippen LogP contribution in [0.1, 0.15) is 5.56 Å². The molecule has 6 aromatic carbocycles. The molecule has 6 rings (SSSR count). The van der Waals surface area contributed by atoms with Crippen molar-refractivity contribution in [2.45, 2.75) is 6.18 Å². The third-order valence-electron chi connectivity index (χ3n) is 6.53. The van der Waals surface area contributed by atoms with Crippen LogP contribution in [0.2, 0.25) is 0 Å². The molecule has 0 aliphatic heterocycles. The summed E-state index contributed by atoms with van der Waals surface area (Å²) in [6, 6.07) is 22.6. The van der Waals surface area contributed by atoms with Gasteiger partial charge in [-0.1, -0.05) is 78.9 Å². The lowest BCUT2D eigenvalue weighted by Gasteiger charge is -2.15. The van der Waals surface area contributed by atoms with Crippen LogP contribution in [0.25, 0.3) is 59.2 Å². The first kappa shape index (κ1) is 21.5. The number of fused-ring (bicyclic) bond motifs is 6. The quantitative estimate of drug-likeness (QED) is 0.144. The molecule has 0 spiro atoms. The van der Waals surface area contributed by atoms with Crippen molar-refractivity contribution in [3.8, 4) is 17.3 Å². The predicted molar refractivity (Wildman–Crippen MR) is 133 cm³/mol. The Morgan fingerprint density at radius 3 is 1.83 bits per heavy atom. The molecule has 0 fully saturated rings. The van der Waals surface area contributed by atoms with Crippen LogP contribution in [0, 0.1) is 18.0 Å². The van der Waals surface area contributed by atoms with Gasteiger partial charge in [-0.15, -0.1) is 4.95 Å². The van der Waals surface area contributed by atoms with Gasteiger partial charge in [0, 0.05) is 37.9 Å². The van der Waals surface area contributed by atoms with Crippen molar-refractivity contribution >= 4 is 43.1 Å². The third-order valence-corrected chi connectivity index (χ3v) is 6.53. The van der Waals surface area contributed by atoms with Crippen molar-refractivity contribution in [1.82, 2.24) is 0 Å². The Bertz CT molecular complexity index is 2040. The van der Waals surface area contributed by atoms with E-state index in [9.17, 15) is 5.26 Å². The van der Waals surface area contributed by atoms with E-state index in [1.54, 1.807) is 54.7 Å². The predicted octanol–water partition coefficient (Wildman–Crippen LogP) is 6.98. The molecule has 0 bridgehead atoms. The van der Waals surface area contributed by atoms with E-state index in [4.69, 9.17) is 6.57 Å². The molecule has 0 amide bonds. The Morgan fingerprint density at radius 1 is 0.694 bits per heavy atom. The van der Waals surface area contributed by atoms with Crippen LogP contribution in [0.15, 0.2) is 89.0 Å². The second-order valence-corrected chi connectivity index (χ2v) is 8.31. The van der Waals surface area contributed by atoms with Crippen LogP contribution in [0.3, 0.4) is 0 Å². The van der Waals surface area contributed by atoms with Crippen molar-refractivity contribution in [3.63, 3.8) is 0 Å². The van der Waals surface area contributed by atoms with Gasteiger partial charge < -0.3 is 0 Å². The number of hydrogen-bond donors (Lipinski definition) is 0. The van der Waals surface area contributed by atoms with E-state index in [1.165, 1.54) is 0 Å². The molecule has 7 heteroatoms. The van der Waals surface area contributed by atoms with E-state index in [0.29, 0.717) is 38.1 Å². The van der Waals surface area contributed by atoms with Crippen LogP contribution in [-0.2, 0) is 6.18 Å². The maximum atomic E-state index is 15.0. The fraction of sp³-hybridized carbons (Fsp3) is 0.0345. The average Bonchev–Trinajstić information content (AvgIpc) is 3.37. The van der Waals surface area contributed by atoms with Gasteiger partial charge in [-0.3, -0.25) is 0 Å². The Morgan fingerprint density at radius 2 is 1.25 bits per heavy atom. The minimum Gasteiger partial charge on any atom is -0.181 e. The molecular formula is C29H13F3N4. The number of nitrogens with zero attached hydrogens (tertiary/aromatic N) is 4. The third kappa shape index (κ3) is 2.87. The molecule has 0 radical (unpaired) electrons. The second-order valence-electron chi connectivity index (χ2n) is 8.31. The highest BCUT2D eigenvalue weighted by molar-refractivity contribution is 6.30. The van der Waals surface area contributed by atoms with Gasteiger partial charge in [-0.2, -0.15) is 30.0 Å². The zero-order valence-electron chi connectivity index (χ0n) is 18.4. The molecule has 0 heterocycles. The number of benzene rings is 4. The Balaban J connectivity index is 2.15. The van der Waals surface area contributed by atoms with Crippen molar-refractivity contribution in [2.24, 2.45) is 10.1 Å². The van der Waals surface area contributed by atoms with Crippen LogP contribution >= 0.6 is 0 Å². The second kappa shape index (κ2) is 7.76. The summed E-state index contributed by atoms with van der Waals surface area (Å²) in [5, 5.41) is 15.9. The van der Waals surface area contributed by atoms with E-state index >= 15 is 13.2 Å². The van der Waals surface area contributed by atoms with Gasteiger partial charge in [-0.25, -0.2) is 0 Å². The van der Waals surface area contributed by atoms with Gasteiger partial charge >= 0.3 is 6.18 Å². The first-order valence-electron chi connectivity index (χ1n) is 11.0.